The molecule has 3 aromatic carbocycles. The minimum atomic E-state index is -0.350. The van der Waals surface area contributed by atoms with Gasteiger partial charge in [-0.2, -0.15) is 0 Å². The maximum atomic E-state index is 13.0. The van der Waals surface area contributed by atoms with Crippen molar-refractivity contribution in [2.24, 2.45) is 5.92 Å². The number of nitrogens with zero attached hydrogens (tertiary/aromatic N) is 1. The minimum Gasteiger partial charge on any atom is -0.493 e. The minimum absolute atomic E-state index is 0.00567. The van der Waals surface area contributed by atoms with Crippen LogP contribution in [0.25, 0.3) is 10.8 Å². The SMILES string of the molecule is O=C(N[C@@H]1CCOc2ccccc21)[C@H]1CC(=O)N(c2cccc3ccccc23)C1. The second-order valence-corrected chi connectivity index (χ2v) is 7.64. The highest BCUT2D eigenvalue weighted by Crippen LogP contribution is 2.34. The summed E-state index contributed by atoms with van der Waals surface area (Å²) >= 11 is 0. The van der Waals surface area contributed by atoms with E-state index in [9.17, 15) is 9.59 Å². The number of carbonyl (C=O) groups is 2. The molecule has 2 amide bonds. The Labute approximate surface area is 169 Å². The maximum Gasteiger partial charge on any atom is 0.227 e. The molecule has 1 N–H and O–H groups in total. The number of nitrogens with one attached hydrogen (secondary N) is 1. The fraction of sp³-hybridized carbons (Fsp3) is 0.250. The second-order valence-electron chi connectivity index (χ2n) is 7.64. The van der Waals surface area contributed by atoms with Crippen LogP contribution in [0.4, 0.5) is 5.69 Å². The summed E-state index contributed by atoms with van der Waals surface area (Å²) in [6.45, 7) is 0.983. The lowest BCUT2D eigenvalue weighted by molar-refractivity contribution is -0.127. The van der Waals surface area contributed by atoms with Crippen molar-refractivity contribution >= 4 is 28.3 Å². The number of hydrogen-bond acceptors (Lipinski definition) is 3. The number of ether oxygens (including phenoxy) is 1. The van der Waals surface area contributed by atoms with Gasteiger partial charge in [-0.25, -0.2) is 0 Å². The van der Waals surface area contributed by atoms with E-state index in [0.29, 0.717) is 13.2 Å². The molecule has 0 spiro atoms. The molecule has 2 aliphatic rings. The van der Waals surface area contributed by atoms with Gasteiger partial charge >= 0.3 is 0 Å². The highest BCUT2D eigenvalue weighted by molar-refractivity contribution is 6.07. The number of fused-ring (bicyclic) bond motifs is 2. The van der Waals surface area contributed by atoms with Crippen molar-refractivity contribution in [2.75, 3.05) is 18.1 Å². The third kappa shape index (κ3) is 3.23. The maximum absolute atomic E-state index is 13.0. The summed E-state index contributed by atoms with van der Waals surface area (Å²) in [5.74, 6) is 0.400. The Morgan fingerprint density at radius 3 is 2.72 bits per heavy atom. The summed E-state index contributed by atoms with van der Waals surface area (Å²) in [5.41, 5.74) is 1.88. The van der Waals surface area contributed by atoms with E-state index in [1.54, 1.807) is 4.90 Å². The molecule has 0 saturated carbocycles. The Hall–Kier alpha value is -3.34. The predicted octanol–water partition coefficient (Wildman–Crippen LogP) is 3.83. The molecule has 0 radical (unpaired) electrons. The zero-order valence-electron chi connectivity index (χ0n) is 16.0. The molecule has 1 saturated heterocycles. The molecule has 0 bridgehead atoms. The van der Waals surface area contributed by atoms with Gasteiger partial charge in [-0.15, -0.1) is 0 Å². The molecule has 5 nitrogen and oxygen atoms in total. The topological polar surface area (TPSA) is 58.6 Å². The molecule has 5 rings (SSSR count). The molecule has 3 aromatic rings. The third-order valence-corrected chi connectivity index (χ3v) is 5.83. The lowest BCUT2D eigenvalue weighted by atomic mass is 9.99. The molecule has 5 heteroatoms. The van der Waals surface area contributed by atoms with Crippen LogP contribution < -0.4 is 15.0 Å². The summed E-state index contributed by atoms with van der Waals surface area (Å²) in [5, 5.41) is 5.27. The normalized spacial score (nSPS) is 21.0. The van der Waals surface area contributed by atoms with Crippen LogP contribution in [0, 0.1) is 5.92 Å². The fourth-order valence-electron chi connectivity index (χ4n) is 4.34. The molecule has 2 aliphatic heterocycles. The molecule has 29 heavy (non-hydrogen) atoms. The number of anilines is 1. The number of para-hydroxylation sites is 1. The Morgan fingerprint density at radius 2 is 1.79 bits per heavy atom. The monoisotopic (exact) mass is 386 g/mol. The van der Waals surface area contributed by atoms with E-state index in [2.05, 4.69) is 5.32 Å². The number of carbonyl (C=O) groups excluding carboxylic acids is 2. The van der Waals surface area contributed by atoms with E-state index >= 15 is 0 Å². The van der Waals surface area contributed by atoms with Crippen LogP contribution in [0.2, 0.25) is 0 Å². The first-order valence-corrected chi connectivity index (χ1v) is 10.0. The first kappa shape index (κ1) is 17.7. The van der Waals surface area contributed by atoms with Gasteiger partial charge in [-0.3, -0.25) is 9.59 Å². The van der Waals surface area contributed by atoms with Crippen LogP contribution in [-0.2, 0) is 9.59 Å². The van der Waals surface area contributed by atoms with Gasteiger partial charge in [-0.1, -0.05) is 54.6 Å². The summed E-state index contributed by atoms with van der Waals surface area (Å²) in [7, 11) is 0. The van der Waals surface area contributed by atoms with Gasteiger partial charge in [0.15, 0.2) is 0 Å². The van der Waals surface area contributed by atoms with Gasteiger partial charge in [-0.05, 0) is 17.5 Å². The number of benzene rings is 3. The fourth-order valence-corrected chi connectivity index (χ4v) is 4.34. The molecular formula is C24H22N2O3. The van der Waals surface area contributed by atoms with Crippen molar-refractivity contribution in [1.29, 1.82) is 0 Å². The van der Waals surface area contributed by atoms with Crippen molar-refractivity contribution in [3.8, 4) is 5.75 Å². The van der Waals surface area contributed by atoms with Crippen molar-refractivity contribution in [3.63, 3.8) is 0 Å². The van der Waals surface area contributed by atoms with E-state index in [0.717, 1.165) is 34.2 Å². The zero-order chi connectivity index (χ0) is 19.8. The Bertz CT molecular complexity index is 1090. The molecule has 146 valence electrons. The molecule has 0 unspecified atom stereocenters. The summed E-state index contributed by atoms with van der Waals surface area (Å²) in [6.07, 6.45) is 0.969. The third-order valence-electron chi connectivity index (χ3n) is 5.83. The van der Waals surface area contributed by atoms with Gasteiger partial charge in [0.05, 0.1) is 24.3 Å². The summed E-state index contributed by atoms with van der Waals surface area (Å²) in [6, 6.07) is 21.7. The van der Waals surface area contributed by atoms with Crippen LogP contribution in [0.1, 0.15) is 24.4 Å². The molecular weight excluding hydrogens is 364 g/mol. The lowest BCUT2D eigenvalue weighted by Gasteiger charge is -2.27. The smallest absolute Gasteiger partial charge is 0.227 e. The lowest BCUT2D eigenvalue weighted by Crippen LogP contribution is -2.37. The first-order chi connectivity index (χ1) is 14.2. The van der Waals surface area contributed by atoms with E-state index < -0.39 is 0 Å². The average Bonchev–Trinajstić information content (AvgIpc) is 3.15. The Morgan fingerprint density at radius 1 is 1.00 bits per heavy atom. The highest BCUT2D eigenvalue weighted by Gasteiger charge is 2.37. The zero-order valence-corrected chi connectivity index (χ0v) is 16.0. The number of amides is 2. The van der Waals surface area contributed by atoms with Crippen LogP contribution in [0.3, 0.4) is 0 Å². The van der Waals surface area contributed by atoms with E-state index in [1.165, 1.54) is 0 Å². The summed E-state index contributed by atoms with van der Waals surface area (Å²) < 4.78 is 5.68. The molecule has 2 heterocycles. The van der Waals surface area contributed by atoms with Gasteiger partial charge in [0.2, 0.25) is 11.8 Å². The highest BCUT2D eigenvalue weighted by atomic mass is 16.5. The summed E-state index contributed by atoms with van der Waals surface area (Å²) in [4.78, 5) is 27.5. The van der Waals surface area contributed by atoms with Crippen LogP contribution in [0.15, 0.2) is 66.7 Å². The molecule has 0 aromatic heterocycles. The van der Waals surface area contributed by atoms with Crippen LogP contribution in [0.5, 0.6) is 5.75 Å². The van der Waals surface area contributed by atoms with Crippen LogP contribution >= 0.6 is 0 Å². The largest absolute Gasteiger partial charge is 0.493 e. The average molecular weight is 386 g/mol. The molecule has 1 fully saturated rings. The van der Waals surface area contributed by atoms with Gasteiger partial charge in [0, 0.05) is 30.3 Å². The number of rotatable bonds is 3. The van der Waals surface area contributed by atoms with Crippen molar-refractivity contribution in [2.45, 2.75) is 18.9 Å². The first-order valence-electron chi connectivity index (χ1n) is 10.0. The van der Waals surface area contributed by atoms with Gasteiger partial charge < -0.3 is 15.0 Å². The molecule has 2 atom stereocenters. The van der Waals surface area contributed by atoms with E-state index in [1.807, 2.05) is 66.7 Å². The predicted molar refractivity (Wildman–Crippen MR) is 112 cm³/mol. The van der Waals surface area contributed by atoms with E-state index in [-0.39, 0.29) is 30.2 Å². The van der Waals surface area contributed by atoms with E-state index in [4.69, 9.17) is 4.74 Å². The Kier molecular flexibility index (Phi) is 4.43. The van der Waals surface area contributed by atoms with Gasteiger partial charge in [0.1, 0.15) is 5.75 Å². The van der Waals surface area contributed by atoms with Crippen molar-refractivity contribution in [1.82, 2.24) is 5.32 Å². The van der Waals surface area contributed by atoms with Crippen molar-refractivity contribution < 1.29 is 14.3 Å². The van der Waals surface area contributed by atoms with Gasteiger partial charge in [0.25, 0.3) is 0 Å². The number of hydrogen-bond donors (Lipinski definition) is 1. The molecule has 0 aliphatic carbocycles. The van der Waals surface area contributed by atoms with Crippen LogP contribution in [-0.4, -0.2) is 25.0 Å². The van der Waals surface area contributed by atoms with Crippen molar-refractivity contribution in [3.05, 3.63) is 72.3 Å². The quantitative estimate of drug-likeness (QED) is 0.744. The standard InChI is InChI=1S/C24H22N2O3/c27-23-14-17(15-26(23)21-10-5-7-16-6-1-2-8-18(16)21)24(28)25-20-12-13-29-22-11-4-3-9-19(20)22/h1-11,17,20H,12-15H2,(H,25,28)/t17-,20+/m0/s1. The second kappa shape index (κ2) is 7.24. The Balaban J connectivity index is 1.35.